The number of β-amino-alcohol motifs (C(OH)–C–C–N with tert-alkyl or cyclic N) is 1. The predicted molar refractivity (Wildman–Crippen MR) is 127 cm³/mol. The number of nitrogens with one attached hydrogen (secondary N) is 1. The second-order valence-corrected chi connectivity index (χ2v) is 8.64. The highest BCUT2D eigenvalue weighted by Crippen LogP contribution is 2.45. The SMILES string of the molecule is CCCCCOc1cccc(C2c3c(-c4cc(Cl)c(C)cc4O)n[nH]c3C(=O)N2CCO)c1. The number of nitrogens with zero attached hydrogens (tertiary/aromatic N) is 2. The van der Waals surface area contributed by atoms with Gasteiger partial charge in [-0.3, -0.25) is 9.89 Å². The van der Waals surface area contributed by atoms with Crippen LogP contribution in [0.4, 0.5) is 0 Å². The molecule has 2 aromatic carbocycles. The summed E-state index contributed by atoms with van der Waals surface area (Å²) in [6, 6.07) is 10.4. The molecule has 4 rings (SSSR count). The van der Waals surface area contributed by atoms with Gasteiger partial charge in [0.25, 0.3) is 5.91 Å². The number of amides is 1. The number of phenols is 1. The molecule has 0 saturated heterocycles. The Bertz CT molecular complexity index is 1160. The molecule has 0 fully saturated rings. The zero-order valence-electron chi connectivity index (χ0n) is 18.8. The number of hydrogen-bond donors (Lipinski definition) is 3. The van der Waals surface area contributed by atoms with E-state index in [4.69, 9.17) is 16.3 Å². The van der Waals surface area contributed by atoms with Crippen LogP contribution in [0, 0.1) is 6.92 Å². The topological polar surface area (TPSA) is 98.7 Å². The van der Waals surface area contributed by atoms with Crippen LogP contribution in [-0.2, 0) is 0 Å². The van der Waals surface area contributed by atoms with Gasteiger partial charge in [0.15, 0.2) is 0 Å². The Labute approximate surface area is 198 Å². The molecule has 1 aromatic heterocycles. The number of halogens is 1. The van der Waals surface area contributed by atoms with E-state index in [0.717, 1.165) is 36.1 Å². The van der Waals surface area contributed by atoms with Crippen LogP contribution in [0.1, 0.15) is 59.4 Å². The number of H-pyrrole nitrogens is 1. The third-order valence-electron chi connectivity index (χ3n) is 5.93. The first-order chi connectivity index (χ1) is 16.0. The zero-order valence-corrected chi connectivity index (χ0v) is 19.5. The molecular weight excluding hydrogens is 442 g/mol. The number of carbonyl (C=O) groups is 1. The van der Waals surface area contributed by atoms with E-state index in [-0.39, 0.29) is 24.8 Å². The average Bonchev–Trinajstić information content (AvgIpc) is 3.34. The Kier molecular flexibility index (Phi) is 6.91. The number of carbonyl (C=O) groups excluding carboxylic acids is 1. The van der Waals surface area contributed by atoms with E-state index in [0.29, 0.717) is 34.1 Å². The highest BCUT2D eigenvalue weighted by Gasteiger charge is 2.42. The molecule has 3 N–H and O–H groups in total. The number of aliphatic hydroxyl groups excluding tert-OH is 1. The lowest BCUT2D eigenvalue weighted by molar-refractivity contribution is 0.0706. The molecule has 1 aliphatic heterocycles. The van der Waals surface area contributed by atoms with Crippen LogP contribution in [0.3, 0.4) is 0 Å². The number of aromatic nitrogens is 2. The largest absolute Gasteiger partial charge is 0.507 e. The summed E-state index contributed by atoms with van der Waals surface area (Å²) < 4.78 is 5.93. The molecule has 1 aliphatic rings. The van der Waals surface area contributed by atoms with Gasteiger partial charge in [0.05, 0.1) is 19.3 Å². The molecule has 8 heteroatoms. The van der Waals surface area contributed by atoms with E-state index in [1.54, 1.807) is 17.0 Å². The van der Waals surface area contributed by atoms with E-state index in [1.807, 2.05) is 31.2 Å². The number of hydrogen-bond acceptors (Lipinski definition) is 5. The first-order valence-electron chi connectivity index (χ1n) is 11.2. The van der Waals surface area contributed by atoms with Gasteiger partial charge in [-0.25, -0.2) is 0 Å². The Hall–Kier alpha value is -3.03. The van der Waals surface area contributed by atoms with Gasteiger partial charge in [-0.1, -0.05) is 43.5 Å². The average molecular weight is 470 g/mol. The van der Waals surface area contributed by atoms with Crippen molar-refractivity contribution in [2.45, 2.75) is 39.2 Å². The maximum atomic E-state index is 13.2. The number of fused-ring (bicyclic) bond motifs is 1. The van der Waals surface area contributed by atoms with Crippen molar-refractivity contribution in [2.24, 2.45) is 0 Å². The highest BCUT2D eigenvalue weighted by molar-refractivity contribution is 6.31. The smallest absolute Gasteiger partial charge is 0.273 e. The quantitative estimate of drug-likeness (QED) is 0.389. The lowest BCUT2D eigenvalue weighted by Crippen LogP contribution is -2.32. The number of aromatic hydroxyl groups is 1. The maximum Gasteiger partial charge on any atom is 0.273 e. The monoisotopic (exact) mass is 469 g/mol. The fraction of sp³-hybridized carbons (Fsp3) is 0.360. The zero-order chi connectivity index (χ0) is 23.5. The summed E-state index contributed by atoms with van der Waals surface area (Å²) in [5.74, 6) is 0.500. The summed E-state index contributed by atoms with van der Waals surface area (Å²) in [7, 11) is 0. The Morgan fingerprint density at radius 2 is 2.06 bits per heavy atom. The predicted octanol–water partition coefficient (Wildman–Crippen LogP) is 4.85. The molecule has 2 heterocycles. The van der Waals surface area contributed by atoms with E-state index < -0.39 is 6.04 Å². The molecule has 1 amide bonds. The van der Waals surface area contributed by atoms with Crippen molar-refractivity contribution < 1.29 is 19.7 Å². The number of unbranched alkanes of at least 4 members (excludes halogenated alkanes) is 2. The Morgan fingerprint density at radius 3 is 2.82 bits per heavy atom. The van der Waals surface area contributed by atoms with Crippen LogP contribution in [0.15, 0.2) is 36.4 Å². The third kappa shape index (κ3) is 4.43. The van der Waals surface area contributed by atoms with Crippen molar-refractivity contribution in [2.75, 3.05) is 19.8 Å². The van der Waals surface area contributed by atoms with E-state index in [1.165, 1.54) is 0 Å². The summed E-state index contributed by atoms with van der Waals surface area (Å²) in [4.78, 5) is 14.8. The Morgan fingerprint density at radius 1 is 1.24 bits per heavy atom. The van der Waals surface area contributed by atoms with Gasteiger partial charge in [0.1, 0.15) is 22.9 Å². The standard InChI is InChI=1S/C25H28ClN3O4/c1-3-4-5-11-33-17-8-6-7-16(13-17)24-21-22(18-14-19(26)15(2)12-20(18)31)27-28-23(21)25(32)29(24)9-10-30/h6-8,12-14,24,30-31H,3-5,9-11H2,1-2H3,(H,27,28). The molecule has 0 saturated carbocycles. The van der Waals surface area contributed by atoms with Gasteiger partial charge in [-0.05, 0) is 48.7 Å². The summed E-state index contributed by atoms with van der Waals surface area (Å²) in [5, 5.41) is 28.0. The minimum absolute atomic E-state index is 0.0333. The first kappa shape index (κ1) is 23.1. The summed E-state index contributed by atoms with van der Waals surface area (Å²) in [6.07, 6.45) is 3.19. The van der Waals surface area contributed by atoms with Gasteiger partial charge in [-0.15, -0.1) is 0 Å². The van der Waals surface area contributed by atoms with Crippen LogP contribution in [0.2, 0.25) is 5.02 Å². The molecule has 174 valence electrons. The summed E-state index contributed by atoms with van der Waals surface area (Å²) >= 11 is 6.33. The minimum atomic E-state index is -0.493. The molecule has 33 heavy (non-hydrogen) atoms. The molecule has 1 atom stereocenters. The van der Waals surface area contributed by atoms with Gasteiger partial charge in [0.2, 0.25) is 0 Å². The normalized spacial score (nSPS) is 15.2. The molecule has 0 radical (unpaired) electrons. The van der Waals surface area contributed by atoms with Gasteiger partial charge in [0, 0.05) is 22.7 Å². The van der Waals surface area contributed by atoms with Crippen molar-refractivity contribution in [1.82, 2.24) is 15.1 Å². The number of benzene rings is 2. The number of ether oxygens (including phenoxy) is 1. The summed E-state index contributed by atoms with van der Waals surface area (Å²) in [5.41, 5.74) is 3.47. The van der Waals surface area contributed by atoms with Crippen LogP contribution < -0.4 is 4.74 Å². The van der Waals surface area contributed by atoms with Crippen molar-refractivity contribution >= 4 is 17.5 Å². The van der Waals surface area contributed by atoms with Crippen LogP contribution in [0.25, 0.3) is 11.3 Å². The van der Waals surface area contributed by atoms with Gasteiger partial charge < -0.3 is 19.8 Å². The molecular formula is C25H28ClN3O4. The number of rotatable bonds is 9. The van der Waals surface area contributed by atoms with Crippen LogP contribution >= 0.6 is 11.6 Å². The van der Waals surface area contributed by atoms with E-state index >= 15 is 0 Å². The molecule has 0 aliphatic carbocycles. The fourth-order valence-corrected chi connectivity index (χ4v) is 4.42. The van der Waals surface area contributed by atoms with Crippen molar-refractivity contribution in [3.63, 3.8) is 0 Å². The molecule has 0 bridgehead atoms. The van der Waals surface area contributed by atoms with Crippen LogP contribution in [-0.4, -0.2) is 51.0 Å². The van der Waals surface area contributed by atoms with E-state index in [2.05, 4.69) is 17.1 Å². The van der Waals surface area contributed by atoms with Gasteiger partial charge >= 0.3 is 0 Å². The lowest BCUT2D eigenvalue weighted by Gasteiger charge is -2.26. The van der Waals surface area contributed by atoms with Crippen molar-refractivity contribution in [3.05, 3.63) is 63.8 Å². The number of aryl methyl sites for hydroxylation is 1. The fourth-order valence-electron chi connectivity index (χ4n) is 4.26. The highest BCUT2D eigenvalue weighted by atomic mass is 35.5. The maximum absolute atomic E-state index is 13.2. The minimum Gasteiger partial charge on any atom is -0.507 e. The second kappa shape index (κ2) is 9.85. The van der Waals surface area contributed by atoms with Crippen molar-refractivity contribution in [3.8, 4) is 22.8 Å². The Balaban J connectivity index is 1.78. The second-order valence-electron chi connectivity index (χ2n) is 8.23. The number of phenolic OH excluding ortho intramolecular Hbond substituents is 1. The van der Waals surface area contributed by atoms with Crippen LogP contribution in [0.5, 0.6) is 11.5 Å². The first-order valence-corrected chi connectivity index (χ1v) is 11.6. The summed E-state index contributed by atoms with van der Waals surface area (Å²) in [6.45, 7) is 4.56. The third-order valence-corrected chi connectivity index (χ3v) is 6.33. The number of aliphatic hydroxyl groups is 1. The molecule has 0 spiro atoms. The van der Waals surface area contributed by atoms with Crippen molar-refractivity contribution in [1.29, 1.82) is 0 Å². The van der Waals surface area contributed by atoms with E-state index in [9.17, 15) is 15.0 Å². The van der Waals surface area contributed by atoms with Gasteiger partial charge in [-0.2, -0.15) is 5.10 Å². The molecule has 7 nitrogen and oxygen atoms in total. The number of aromatic amines is 1. The molecule has 3 aromatic rings. The molecule has 1 unspecified atom stereocenters. The lowest BCUT2D eigenvalue weighted by atomic mass is 9.95.